The van der Waals surface area contributed by atoms with E-state index in [1.54, 1.807) is 6.92 Å². The zero-order valence-corrected chi connectivity index (χ0v) is 8.61. The molecule has 2 fully saturated rings. The maximum atomic E-state index is 9.34. The lowest BCUT2D eigenvalue weighted by Crippen LogP contribution is -2.12. The molecule has 2 N–H and O–H groups in total. The van der Waals surface area contributed by atoms with Crippen molar-refractivity contribution in [1.29, 1.82) is 0 Å². The van der Waals surface area contributed by atoms with Gasteiger partial charge < -0.3 is 19.7 Å². The van der Waals surface area contributed by atoms with Crippen LogP contribution in [0.15, 0.2) is 24.8 Å². The van der Waals surface area contributed by atoms with E-state index in [0.29, 0.717) is 0 Å². The number of hydrogen-bond donors (Lipinski definition) is 2. The summed E-state index contributed by atoms with van der Waals surface area (Å²) in [4.78, 5) is 0. The van der Waals surface area contributed by atoms with E-state index in [1.807, 2.05) is 12.2 Å². The first kappa shape index (κ1) is 10.8. The van der Waals surface area contributed by atoms with Gasteiger partial charge in [0, 0.05) is 0 Å². The Morgan fingerprint density at radius 1 is 1.13 bits per heavy atom. The Hall–Kier alpha value is -0.680. The third-order valence-electron chi connectivity index (χ3n) is 2.67. The molecule has 0 amide bonds. The Kier molecular flexibility index (Phi) is 2.93. The number of ether oxygens (including phenoxy) is 2. The summed E-state index contributed by atoms with van der Waals surface area (Å²) < 4.78 is 10.4. The summed E-state index contributed by atoms with van der Waals surface area (Å²) in [7, 11) is 0. The molecule has 0 spiro atoms. The van der Waals surface area contributed by atoms with Gasteiger partial charge in [-0.25, -0.2) is 0 Å². The van der Waals surface area contributed by atoms with E-state index < -0.39 is 12.2 Å². The second-order valence-corrected chi connectivity index (χ2v) is 3.98. The van der Waals surface area contributed by atoms with Crippen molar-refractivity contribution in [3.05, 3.63) is 24.8 Å². The Morgan fingerprint density at radius 2 is 1.67 bits per heavy atom. The average molecular weight is 212 g/mol. The predicted octanol–water partition coefficient (Wildman–Crippen LogP) is 0.00510. The van der Waals surface area contributed by atoms with Crippen LogP contribution in [0.3, 0.4) is 0 Å². The molecule has 6 atom stereocenters. The molecule has 2 heterocycles. The minimum Gasteiger partial charge on any atom is -0.391 e. The van der Waals surface area contributed by atoms with Gasteiger partial charge in [0.05, 0.1) is 6.10 Å². The van der Waals surface area contributed by atoms with Crippen LogP contribution in [0.2, 0.25) is 0 Å². The number of aliphatic hydroxyl groups excluding tert-OH is 2. The fraction of sp³-hybridized carbons (Fsp3) is 0.636. The molecule has 84 valence electrons. The van der Waals surface area contributed by atoms with Crippen LogP contribution < -0.4 is 0 Å². The molecule has 2 rings (SSSR count). The van der Waals surface area contributed by atoms with E-state index >= 15 is 0 Å². The molecule has 2 aliphatic heterocycles. The second kappa shape index (κ2) is 4.06. The first-order valence-electron chi connectivity index (χ1n) is 5.11. The van der Waals surface area contributed by atoms with Crippen molar-refractivity contribution < 1.29 is 19.7 Å². The number of hydrogen-bond acceptors (Lipinski definition) is 4. The topological polar surface area (TPSA) is 65.5 Å². The molecule has 0 radical (unpaired) electrons. The minimum atomic E-state index is -0.604. The van der Waals surface area contributed by atoms with Gasteiger partial charge in [0.1, 0.15) is 30.5 Å². The van der Waals surface area contributed by atoms with Gasteiger partial charge in [-0.1, -0.05) is 18.2 Å². The van der Waals surface area contributed by atoms with Gasteiger partial charge in [0.2, 0.25) is 0 Å². The van der Waals surface area contributed by atoms with Crippen molar-refractivity contribution in [2.45, 2.75) is 43.5 Å². The molecular weight excluding hydrogens is 196 g/mol. The van der Waals surface area contributed by atoms with Gasteiger partial charge in [-0.2, -0.15) is 0 Å². The summed E-state index contributed by atoms with van der Waals surface area (Å²) in [5.41, 5.74) is 0. The molecule has 0 aliphatic carbocycles. The van der Waals surface area contributed by atoms with E-state index in [1.165, 1.54) is 6.08 Å². The second-order valence-electron chi connectivity index (χ2n) is 3.98. The predicted molar refractivity (Wildman–Crippen MR) is 54.3 cm³/mol. The third kappa shape index (κ3) is 2.46. The van der Waals surface area contributed by atoms with Crippen molar-refractivity contribution in [3.8, 4) is 0 Å². The van der Waals surface area contributed by atoms with Crippen molar-refractivity contribution in [3.63, 3.8) is 0 Å². The van der Waals surface area contributed by atoms with Crippen molar-refractivity contribution >= 4 is 0 Å². The lowest BCUT2D eigenvalue weighted by atomic mass is 10.1. The molecule has 2 saturated heterocycles. The summed E-state index contributed by atoms with van der Waals surface area (Å²) in [5.74, 6) is 0. The van der Waals surface area contributed by atoms with E-state index in [0.717, 1.165) is 0 Å². The molecule has 4 heteroatoms. The largest absolute Gasteiger partial charge is 0.391 e. The Morgan fingerprint density at radius 3 is 2.13 bits per heavy atom. The molecule has 0 aromatic carbocycles. The standard InChI is InChI=1S/C11H16O4/c1-3-7(13)11-9(15-11)5-4-8-10(14-8)6(2)12/h3-13H,1H2,2H3/b5-4+/t6-,7-,8+,9-,10+,11+/m1/s1. The maximum absolute atomic E-state index is 9.34. The number of rotatable bonds is 5. The van der Waals surface area contributed by atoms with E-state index in [9.17, 15) is 10.2 Å². The van der Waals surface area contributed by atoms with E-state index in [2.05, 4.69) is 6.58 Å². The Labute approximate surface area is 88.8 Å². The van der Waals surface area contributed by atoms with Gasteiger partial charge in [-0.05, 0) is 6.92 Å². The SMILES string of the molecule is C=C[C@@H](O)[C@@H]1O[C@@H]1/C=C/[C@@H]1O[C@H]1[C@@H](C)O. The molecule has 0 aromatic rings. The lowest BCUT2D eigenvalue weighted by molar-refractivity contribution is 0.152. The third-order valence-corrected chi connectivity index (χ3v) is 2.67. The summed E-state index contributed by atoms with van der Waals surface area (Å²) in [6.45, 7) is 5.19. The van der Waals surface area contributed by atoms with Crippen LogP contribution in [0, 0.1) is 0 Å². The normalized spacial score (nSPS) is 42.6. The molecule has 15 heavy (non-hydrogen) atoms. The van der Waals surface area contributed by atoms with Crippen LogP contribution in [-0.2, 0) is 9.47 Å². The highest BCUT2D eigenvalue weighted by atomic mass is 16.6. The summed E-state index contributed by atoms with van der Waals surface area (Å²) in [5, 5.41) is 18.5. The molecule has 0 unspecified atom stereocenters. The van der Waals surface area contributed by atoms with Gasteiger partial charge in [-0.15, -0.1) is 6.58 Å². The smallest absolute Gasteiger partial charge is 0.118 e. The summed E-state index contributed by atoms with van der Waals surface area (Å²) in [6, 6.07) is 0. The molecule has 2 aliphatic rings. The van der Waals surface area contributed by atoms with Crippen LogP contribution in [0.1, 0.15) is 6.92 Å². The monoisotopic (exact) mass is 212 g/mol. The molecular formula is C11H16O4. The van der Waals surface area contributed by atoms with Crippen molar-refractivity contribution in [1.82, 2.24) is 0 Å². The quantitative estimate of drug-likeness (QED) is 0.497. The van der Waals surface area contributed by atoms with Crippen molar-refractivity contribution in [2.24, 2.45) is 0 Å². The van der Waals surface area contributed by atoms with Crippen LogP contribution in [-0.4, -0.2) is 46.8 Å². The number of aliphatic hydroxyl groups is 2. The fourth-order valence-electron chi connectivity index (χ4n) is 1.60. The van der Waals surface area contributed by atoms with E-state index in [-0.39, 0.29) is 24.4 Å². The number of epoxide rings is 2. The van der Waals surface area contributed by atoms with Crippen LogP contribution in [0.4, 0.5) is 0 Å². The molecule has 4 nitrogen and oxygen atoms in total. The summed E-state index contributed by atoms with van der Waals surface area (Å²) >= 11 is 0. The Balaban J connectivity index is 1.72. The van der Waals surface area contributed by atoms with E-state index in [4.69, 9.17) is 9.47 Å². The lowest BCUT2D eigenvalue weighted by Gasteiger charge is -1.96. The van der Waals surface area contributed by atoms with Gasteiger partial charge in [-0.3, -0.25) is 0 Å². The zero-order chi connectivity index (χ0) is 11.0. The highest BCUT2D eigenvalue weighted by Gasteiger charge is 2.44. The van der Waals surface area contributed by atoms with Gasteiger partial charge >= 0.3 is 0 Å². The highest BCUT2D eigenvalue weighted by molar-refractivity contribution is 5.13. The molecule has 0 bridgehead atoms. The Bertz CT molecular complexity index is 274. The fourth-order valence-corrected chi connectivity index (χ4v) is 1.60. The first-order valence-corrected chi connectivity index (χ1v) is 5.11. The minimum absolute atomic E-state index is 0.00396. The average Bonchev–Trinajstić information content (AvgIpc) is 3.06. The van der Waals surface area contributed by atoms with Gasteiger partial charge in [0.25, 0.3) is 0 Å². The maximum Gasteiger partial charge on any atom is 0.118 e. The highest BCUT2D eigenvalue weighted by Crippen LogP contribution is 2.31. The molecule has 0 saturated carbocycles. The van der Waals surface area contributed by atoms with Gasteiger partial charge in [0.15, 0.2) is 0 Å². The molecule has 0 aromatic heterocycles. The first-order chi connectivity index (χ1) is 7.13. The zero-order valence-electron chi connectivity index (χ0n) is 8.61. The van der Waals surface area contributed by atoms with Crippen LogP contribution in [0.25, 0.3) is 0 Å². The summed E-state index contributed by atoms with van der Waals surface area (Å²) in [6.07, 6.45) is 3.87. The van der Waals surface area contributed by atoms with Crippen LogP contribution in [0.5, 0.6) is 0 Å². The van der Waals surface area contributed by atoms with Crippen LogP contribution >= 0.6 is 0 Å². The van der Waals surface area contributed by atoms with Crippen molar-refractivity contribution in [2.75, 3.05) is 0 Å².